The van der Waals surface area contributed by atoms with Gasteiger partial charge in [0.05, 0.1) is 6.42 Å². The van der Waals surface area contributed by atoms with Gasteiger partial charge in [0, 0.05) is 25.6 Å². The van der Waals surface area contributed by atoms with Crippen molar-refractivity contribution in [1.82, 2.24) is 4.90 Å². The molecule has 0 aromatic heterocycles. The summed E-state index contributed by atoms with van der Waals surface area (Å²) in [4.78, 5) is 23.9. The Labute approximate surface area is 95.1 Å². The summed E-state index contributed by atoms with van der Waals surface area (Å²) in [6.07, 6.45) is 3.52. The van der Waals surface area contributed by atoms with Gasteiger partial charge in [0.1, 0.15) is 0 Å². The van der Waals surface area contributed by atoms with E-state index in [9.17, 15) is 9.59 Å². The first-order chi connectivity index (χ1) is 7.65. The molecule has 1 aliphatic rings. The average Bonchev–Trinajstić information content (AvgIpc) is 2.27. The minimum atomic E-state index is -0.941. The third-order valence-corrected chi connectivity index (χ3v) is 2.96. The maximum atomic E-state index is 11.8. The molecule has 5 heteroatoms. The van der Waals surface area contributed by atoms with Gasteiger partial charge in [0.25, 0.3) is 0 Å². The lowest BCUT2D eigenvalue weighted by molar-refractivity contribution is -0.142. The van der Waals surface area contributed by atoms with E-state index in [0.29, 0.717) is 13.0 Å². The minimum Gasteiger partial charge on any atom is -0.481 e. The van der Waals surface area contributed by atoms with Crippen molar-refractivity contribution in [1.29, 1.82) is 0 Å². The normalized spacial score (nSPS) is 20.8. The number of amides is 1. The highest BCUT2D eigenvalue weighted by molar-refractivity contribution is 5.81. The fraction of sp³-hybridized carbons (Fsp3) is 0.818. The lowest BCUT2D eigenvalue weighted by Gasteiger charge is -2.35. The van der Waals surface area contributed by atoms with Gasteiger partial charge in [-0.3, -0.25) is 9.59 Å². The molecule has 0 aromatic carbocycles. The molecule has 1 heterocycles. The number of carboxylic acids is 1. The molecule has 1 unspecified atom stereocenters. The number of piperidine rings is 1. The molecule has 0 saturated carbocycles. The summed E-state index contributed by atoms with van der Waals surface area (Å²) in [6, 6.07) is 0.0973. The van der Waals surface area contributed by atoms with Crippen molar-refractivity contribution < 1.29 is 19.8 Å². The van der Waals surface area contributed by atoms with Gasteiger partial charge in [-0.15, -0.1) is 0 Å². The molecule has 1 amide bonds. The van der Waals surface area contributed by atoms with Gasteiger partial charge in [-0.05, 0) is 25.7 Å². The van der Waals surface area contributed by atoms with Crippen LogP contribution in [0.5, 0.6) is 0 Å². The third kappa shape index (κ3) is 3.81. The molecule has 0 spiro atoms. The van der Waals surface area contributed by atoms with Crippen molar-refractivity contribution in [3.05, 3.63) is 0 Å². The SMILES string of the molecule is O=C(O)CCC(=O)N1CCCCC1CCO. The van der Waals surface area contributed by atoms with Crippen molar-refractivity contribution >= 4 is 11.9 Å². The molecule has 0 radical (unpaired) electrons. The van der Waals surface area contributed by atoms with Crippen LogP contribution >= 0.6 is 0 Å². The Morgan fingerprint density at radius 3 is 2.62 bits per heavy atom. The van der Waals surface area contributed by atoms with Gasteiger partial charge < -0.3 is 15.1 Å². The van der Waals surface area contributed by atoms with Crippen LogP contribution in [-0.2, 0) is 9.59 Å². The average molecular weight is 229 g/mol. The fourth-order valence-electron chi connectivity index (χ4n) is 2.14. The molecule has 5 nitrogen and oxygen atoms in total. The Balaban J connectivity index is 2.46. The second-order valence-electron chi connectivity index (χ2n) is 4.14. The molecule has 1 saturated heterocycles. The van der Waals surface area contributed by atoms with E-state index in [2.05, 4.69) is 0 Å². The van der Waals surface area contributed by atoms with E-state index in [1.54, 1.807) is 4.90 Å². The van der Waals surface area contributed by atoms with Crippen LogP contribution < -0.4 is 0 Å². The smallest absolute Gasteiger partial charge is 0.303 e. The number of aliphatic carboxylic acids is 1. The van der Waals surface area contributed by atoms with Crippen LogP contribution in [0.4, 0.5) is 0 Å². The first kappa shape index (κ1) is 13.0. The largest absolute Gasteiger partial charge is 0.481 e. The molecular weight excluding hydrogens is 210 g/mol. The summed E-state index contributed by atoms with van der Waals surface area (Å²) in [5.74, 6) is -1.04. The molecule has 1 rings (SSSR count). The first-order valence-electron chi connectivity index (χ1n) is 5.77. The third-order valence-electron chi connectivity index (χ3n) is 2.96. The van der Waals surface area contributed by atoms with E-state index in [1.165, 1.54) is 0 Å². The predicted octanol–water partition coefficient (Wildman–Crippen LogP) is 0.615. The van der Waals surface area contributed by atoms with Gasteiger partial charge in [-0.2, -0.15) is 0 Å². The molecule has 92 valence electrons. The highest BCUT2D eigenvalue weighted by atomic mass is 16.4. The van der Waals surface area contributed by atoms with Crippen molar-refractivity contribution in [2.45, 2.75) is 44.6 Å². The molecule has 1 atom stereocenters. The van der Waals surface area contributed by atoms with Crippen LogP contribution in [-0.4, -0.2) is 46.2 Å². The molecule has 0 aromatic rings. The monoisotopic (exact) mass is 229 g/mol. The Bertz CT molecular complexity index is 252. The van der Waals surface area contributed by atoms with Gasteiger partial charge >= 0.3 is 5.97 Å². The summed E-state index contributed by atoms with van der Waals surface area (Å²) in [7, 11) is 0. The molecule has 0 bridgehead atoms. The second-order valence-corrected chi connectivity index (χ2v) is 4.14. The lowest BCUT2D eigenvalue weighted by Crippen LogP contribution is -2.44. The van der Waals surface area contributed by atoms with E-state index >= 15 is 0 Å². The van der Waals surface area contributed by atoms with E-state index in [1.807, 2.05) is 0 Å². The number of carboxylic acid groups (broad SMARTS) is 1. The van der Waals surface area contributed by atoms with E-state index < -0.39 is 5.97 Å². The van der Waals surface area contributed by atoms with Crippen LogP contribution in [0.15, 0.2) is 0 Å². The predicted molar refractivity (Wildman–Crippen MR) is 57.9 cm³/mol. The first-order valence-corrected chi connectivity index (χ1v) is 5.77. The fourth-order valence-corrected chi connectivity index (χ4v) is 2.14. The number of hydrogen-bond acceptors (Lipinski definition) is 3. The number of nitrogens with zero attached hydrogens (tertiary/aromatic N) is 1. The number of hydrogen-bond donors (Lipinski definition) is 2. The van der Waals surface area contributed by atoms with Gasteiger partial charge in [-0.1, -0.05) is 0 Å². The highest BCUT2D eigenvalue weighted by Crippen LogP contribution is 2.20. The summed E-state index contributed by atoms with van der Waals surface area (Å²) in [6.45, 7) is 0.774. The van der Waals surface area contributed by atoms with Gasteiger partial charge in [0.2, 0.25) is 5.91 Å². The van der Waals surface area contributed by atoms with Gasteiger partial charge in [-0.25, -0.2) is 0 Å². The number of likely N-dealkylation sites (tertiary alicyclic amines) is 1. The van der Waals surface area contributed by atoms with Crippen LogP contribution in [0.25, 0.3) is 0 Å². The summed E-state index contributed by atoms with van der Waals surface area (Å²) < 4.78 is 0. The highest BCUT2D eigenvalue weighted by Gasteiger charge is 2.25. The number of carbonyl (C=O) groups excluding carboxylic acids is 1. The van der Waals surface area contributed by atoms with Crippen LogP contribution in [0, 0.1) is 0 Å². The van der Waals surface area contributed by atoms with Crippen molar-refractivity contribution in [3.8, 4) is 0 Å². The Morgan fingerprint density at radius 1 is 1.25 bits per heavy atom. The topological polar surface area (TPSA) is 77.8 Å². The molecule has 1 aliphatic heterocycles. The Morgan fingerprint density at radius 2 is 2.00 bits per heavy atom. The van der Waals surface area contributed by atoms with E-state index in [-0.39, 0.29) is 31.4 Å². The molecule has 0 aliphatic carbocycles. The number of aliphatic hydroxyl groups excluding tert-OH is 1. The maximum Gasteiger partial charge on any atom is 0.303 e. The maximum absolute atomic E-state index is 11.8. The van der Waals surface area contributed by atoms with E-state index in [4.69, 9.17) is 10.2 Å². The van der Waals surface area contributed by atoms with Crippen molar-refractivity contribution in [2.75, 3.05) is 13.2 Å². The van der Waals surface area contributed by atoms with Crippen molar-refractivity contribution in [2.24, 2.45) is 0 Å². The second kappa shape index (κ2) is 6.48. The van der Waals surface area contributed by atoms with Gasteiger partial charge in [0.15, 0.2) is 0 Å². The standard InChI is InChI=1S/C11H19NO4/c13-8-6-9-3-1-2-7-12(9)10(14)4-5-11(15)16/h9,13H,1-8H2,(H,15,16). The van der Waals surface area contributed by atoms with Crippen LogP contribution in [0.3, 0.4) is 0 Å². The van der Waals surface area contributed by atoms with E-state index in [0.717, 1.165) is 19.3 Å². The number of aliphatic hydroxyl groups is 1. The number of rotatable bonds is 5. The summed E-state index contributed by atoms with van der Waals surface area (Å²) in [5.41, 5.74) is 0. The Hall–Kier alpha value is -1.10. The summed E-state index contributed by atoms with van der Waals surface area (Å²) in [5, 5.41) is 17.4. The molecular formula is C11H19NO4. The number of carbonyl (C=O) groups is 2. The zero-order chi connectivity index (χ0) is 12.0. The van der Waals surface area contributed by atoms with Crippen molar-refractivity contribution in [3.63, 3.8) is 0 Å². The minimum absolute atomic E-state index is 0.0667. The summed E-state index contributed by atoms with van der Waals surface area (Å²) >= 11 is 0. The quantitative estimate of drug-likeness (QED) is 0.724. The zero-order valence-electron chi connectivity index (χ0n) is 9.39. The van der Waals surface area contributed by atoms with Crippen LogP contribution in [0.2, 0.25) is 0 Å². The molecule has 16 heavy (non-hydrogen) atoms. The zero-order valence-corrected chi connectivity index (χ0v) is 9.39. The molecule has 1 fully saturated rings. The molecule has 2 N–H and O–H groups in total. The van der Waals surface area contributed by atoms with Crippen LogP contribution in [0.1, 0.15) is 38.5 Å². The Kier molecular flexibility index (Phi) is 5.25. The lowest BCUT2D eigenvalue weighted by atomic mass is 9.99.